The van der Waals surface area contributed by atoms with Gasteiger partial charge in [0.05, 0.1) is 18.4 Å². The van der Waals surface area contributed by atoms with Gasteiger partial charge < -0.3 is 18.0 Å². The minimum atomic E-state index is -2.20. The summed E-state index contributed by atoms with van der Waals surface area (Å²) in [5.41, 5.74) is 0.843. The lowest BCUT2D eigenvalue weighted by Crippen LogP contribution is -2.62. The summed E-state index contributed by atoms with van der Waals surface area (Å²) in [7, 11) is -6.15. The average Bonchev–Trinajstić information content (AvgIpc) is 2.59. The normalized spacial score (nSPS) is 12.9. The number of esters is 2. The Bertz CT molecular complexity index is 625. The molecule has 0 bridgehead atoms. The summed E-state index contributed by atoms with van der Waals surface area (Å²) in [6.07, 6.45) is 1.56. The van der Waals surface area contributed by atoms with E-state index in [4.69, 9.17) is 18.0 Å². The molecule has 0 saturated heterocycles. The zero-order valence-corrected chi connectivity index (χ0v) is 25.1. The van der Waals surface area contributed by atoms with Crippen LogP contribution in [0.25, 0.3) is 0 Å². The second kappa shape index (κ2) is 12.5. The van der Waals surface area contributed by atoms with Gasteiger partial charge in [-0.15, -0.1) is 0 Å². The first kappa shape index (κ1) is 31.0. The van der Waals surface area contributed by atoms with Crippen LogP contribution in [0.2, 0.25) is 51.4 Å². The summed E-state index contributed by atoms with van der Waals surface area (Å²) in [6, 6.07) is 1.82. The summed E-state index contributed by atoms with van der Waals surface area (Å²) in [5, 5.41) is -0.353. The van der Waals surface area contributed by atoms with Crippen LogP contribution in [0, 0.1) is 0 Å². The number of hydrogen-bond acceptors (Lipinski definition) is 6. The molecular weight excluding hydrogens is 457 g/mol. The molecule has 0 N–H and O–H groups in total. The molecule has 32 heavy (non-hydrogen) atoms. The average molecular weight is 503 g/mol. The van der Waals surface area contributed by atoms with Gasteiger partial charge in [0.2, 0.25) is 8.32 Å². The van der Waals surface area contributed by atoms with Crippen molar-refractivity contribution in [1.29, 1.82) is 0 Å². The van der Waals surface area contributed by atoms with Crippen LogP contribution < -0.4 is 0 Å². The highest BCUT2D eigenvalue weighted by Crippen LogP contribution is 2.34. The highest BCUT2D eigenvalue weighted by atomic mass is 28.4. The lowest BCUT2D eigenvalue weighted by molar-refractivity contribution is -0.139. The Balaban J connectivity index is 4.78. The Hall–Kier alpha value is -1.01. The molecule has 0 aliphatic carbocycles. The molecule has 0 aromatic rings. The first-order chi connectivity index (χ1) is 14.3. The highest BCUT2D eigenvalue weighted by molar-refractivity contribution is 6.86. The molecule has 0 radical (unpaired) electrons. The van der Waals surface area contributed by atoms with Crippen LogP contribution in [-0.2, 0) is 27.6 Å². The van der Waals surface area contributed by atoms with Gasteiger partial charge in [0.25, 0.3) is 0 Å². The van der Waals surface area contributed by atoms with Crippen molar-refractivity contribution in [1.82, 2.24) is 0 Å². The summed E-state index contributed by atoms with van der Waals surface area (Å²) >= 11 is 0. The topological polar surface area (TPSA) is 71.1 Å². The third kappa shape index (κ3) is 11.7. The second-order valence-electron chi connectivity index (χ2n) is 10.8. The van der Waals surface area contributed by atoms with Gasteiger partial charge in [0, 0.05) is 11.1 Å². The molecule has 0 fully saturated rings. The fourth-order valence-corrected chi connectivity index (χ4v) is 15.5. The molecule has 0 aliphatic rings. The van der Waals surface area contributed by atoms with Crippen LogP contribution in [0.3, 0.4) is 0 Å². The lowest BCUT2D eigenvalue weighted by atomic mass is 10.4. The Morgan fingerprint density at radius 1 is 0.750 bits per heavy atom. The molecule has 0 aromatic heterocycles. The van der Waals surface area contributed by atoms with E-state index in [1.54, 1.807) is 13.8 Å². The first-order valence-electron chi connectivity index (χ1n) is 11.4. The van der Waals surface area contributed by atoms with Gasteiger partial charge in [0.15, 0.2) is 16.6 Å². The van der Waals surface area contributed by atoms with Crippen LogP contribution in [0.4, 0.5) is 0 Å². The molecule has 0 aliphatic heterocycles. The van der Waals surface area contributed by atoms with Crippen molar-refractivity contribution >= 4 is 36.9 Å². The number of carbonyl (C=O) groups is 2. The van der Waals surface area contributed by atoms with E-state index in [1.165, 1.54) is 0 Å². The Morgan fingerprint density at radius 2 is 1.12 bits per heavy atom. The molecule has 0 rings (SSSR count). The van der Waals surface area contributed by atoms with Gasteiger partial charge in [0.1, 0.15) is 0 Å². The molecule has 0 saturated carbocycles. The maximum absolute atomic E-state index is 11.5. The largest absolute Gasteiger partial charge is 0.462 e. The van der Waals surface area contributed by atoms with E-state index in [0.29, 0.717) is 24.4 Å². The van der Waals surface area contributed by atoms with E-state index in [0.717, 1.165) is 24.9 Å². The molecule has 0 unspecified atom stereocenters. The zero-order valence-electron chi connectivity index (χ0n) is 22.1. The van der Waals surface area contributed by atoms with Crippen LogP contribution in [0.1, 0.15) is 40.5 Å². The van der Waals surface area contributed by atoms with E-state index in [9.17, 15) is 9.59 Å². The van der Waals surface area contributed by atoms with E-state index >= 15 is 0 Å². The van der Waals surface area contributed by atoms with Gasteiger partial charge in [-0.25, -0.2) is 9.59 Å². The zero-order chi connectivity index (χ0) is 25.4. The van der Waals surface area contributed by atoms with Crippen LogP contribution >= 0.6 is 0 Å². The molecule has 0 spiro atoms. The van der Waals surface area contributed by atoms with Crippen molar-refractivity contribution < 1.29 is 27.6 Å². The Morgan fingerprint density at radius 3 is 1.50 bits per heavy atom. The second-order valence-corrected chi connectivity index (χ2v) is 24.1. The summed E-state index contributed by atoms with van der Waals surface area (Å²) in [4.78, 5) is 23.1. The van der Waals surface area contributed by atoms with Crippen molar-refractivity contribution in [3.63, 3.8) is 0 Å². The molecule has 186 valence electrons. The SMILES string of the molecule is C=C(C)C(=O)OCCC[Si](C)(C)OC(C)(C)[Si](C)(C)O[Si](C)(C)CCCOC(=O)C(=C)C. The van der Waals surface area contributed by atoms with Crippen LogP contribution in [0.15, 0.2) is 24.3 Å². The first-order valence-corrected chi connectivity index (χ1v) is 20.5. The number of ether oxygens (including phenoxy) is 2. The predicted octanol–water partition coefficient (Wildman–Crippen LogP) is 5.97. The minimum absolute atomic E-state index is 0.337. The minimum Gasteiger partial charge on any atom is -0.462 e. The van der Waals surface area contributed by atoms with Crippen LogP contribution in [0.5, 0.6) is 0 Å². The molecule has 0 aromatic carbocycles. The standard InChI is InChI=1S/C23H46O6Si3/c1-19(2)21(24)26-15-13-17-30(7,8)28-23(5,6)32(11,12)29-31(9,10)18-14-16-27-22(25)20(3)4/h1,3,13-18H2,2,4-12H3. The molecule has 0 amide bonds. The van der Waals surface area contributed by atoms with E-state index in [-0.39, 0.29) is 17.2 Å². The Kier molecular flexibility index (Phi) is 12.1. The monoisotopic (exact) mass is 502 g/mol. The summed E-state index contributed by atoms with van der Waals surface area (Å²) in [5.74, 6) is -0.676. The fourth-order valence-electron chi connectivity index (χ4n) is 3.30. The maximum atomic E-state index is 11.5. The quantitative estimate of drug-likeness (QED) is 0.119. The molecule has 0 atom stereocenters. The van der Waals surface area contributed by atoms with Gasteiger partial charge in [-0.1, -0.05) is 13.2 Å². The lowest BCUT2D eigenvalue weighted by Gasteiger charge is -2.47. The Labute approximate surface area is 199 Å². The van der Waals surface area contributed by atoms with E-state index < -0.39 is 25.0 Å². The van der Waals surface area contributed by atoms with Crippen molar-refractivity contribution in [2.45, 2.75) is 97.1 Å². The van der Waals surface area contributed by atoms with Gasteiger partial charge in [-0.05, 0) is 91.9 Å². The molecule has 0 heterocycles. The van der Waals surface area contributed by atoms with Crippen molar-refractivity contribution in [3.8, 4) is 0 Å². The van der Waals surface area contributed by atoms with Gasteiger partial charge >= 0.3 is 11.9 Å². The van der Waals surface area contributed by atoms with Gasteiger partial charge in [-0.3, -0.25) is 0 Å². The third-order valence-electron chi connectivity index (χ3n) is 5.52. The molecule has 9 heteroatoms. The number of rotatable bonds is 15. The van der Waals surface area contributed by atoms with E-state index in [2.05, 4.69) is 66.3 Å². The summed E-state index contributed by atoms with van der Waals surface area (Å²) < 4.78 is 24.0. The van der Waals surface area contributed by atoms with Crippen molar-refractivity contribution in [3.05, 3.63) is 24.3 Å². The third-order valence-corrected chi connectivity index (χ3v) is 17.2. The van der Waals surface area contributed by atoms with E-state index in [1.807, 2.05) is 0 Å². The smallest absolute Gasteiger partial charge is 0.333 e. The predicted molar refractivity (Wildman–Crippen MR) is 139 cm³/mol. The maximum Gasteiger partial charge on any atom is 0.333 e. The number of hydrogen-bond donors (Lipinski definition) is 0. The highest BCUT2D eigenvalue weighted by Gasteiger charge is 2.48. The van der Waals surface area contributed by atoms with Crippen LogP contribution in [-0.4, -0.2) is 55.3 Å². The fraction of sp³-hybridized carbons (Fsp3) is 0.739. The molecular formula is C23H46O6Si3. The van der Waals surface area contributed by atoms with Crippen molar-refractivity contribution in [2.75, 3.05) is 13.2 Å². The molecule has 6 nitrogen and oxygen atoms in total. The van der Waals surface area contributed by atoms with Crippen molar-refractivity contribution in [2.24, 2.45) is 0 Å². The summed E-state index contributed by atoms with van der Waals surface area (Å²) in [6.45, 7) is 28.9. The van der Waals surface area contributed by atoms with Gasteiger partial charge in [-0.2, -0.15) is 0 Å². The number of carbonyl (C=O) groups excluding carboxylic acids is 2.